The number of hydrogen-bond donors (Lipinski definition) is 1. The van der Waals surface area contributed by atoms with Crippen LogP contribution in [0.1, 0.15) is 24.3 Å². The zero-order chi connectivity index (χ0) is 13.0. The summed E-state index contributed by atoms with van der Waals surface area (Å²) in [5.41, 5.74) is 1.30. The number of carbonyl (C=O) groups excluding carboxylic acids is 1. The van der Waals surface area contributed by atoms with Crippen molar-refractivity contribution in [2.75, 3.05) is 27.2 Å². The summed E-state index contributed by atoms with van der Waals surface area (Å²) in [5, 5.41) is 3.03. The van der Waals surface area contributed by atoms with Gasteiger partial charge < -0.3 is 10.2 Å². The van der Waals surface area contributed by atoms with E-state index in [4.69, 9.17) is 0 Å². The van der Waals surface area contributed by atoms with Crippen LogP contribution < -0.4 is 5.32 Å². The number of rotatable bonds is 6. The first-order chi connectivity index (χ1) is 8.68. The lowest BCUT2D eigenvalue weighted by Crippen LogP contribution is -2.28. The topological polar surface area (TPSA) is 32.3 Å². The Labute approximate surface area is 109 Å². The summed E-state index contributed by atoms with van der Waals surface area (Å²) in [6.07, 6.45) is 2.02. The molecule has 1 fully saturated rings. The first-order valence-corrected chi connectivity index (χ1v) is 6.66. The number of nitrogens with zero attached hydrogens (tertiary/aromatic N) is 1. The maximum absolute atomic E-state index is 11.9. The Morgan fingerprint density at radius 1 is 1.33 bits per heavy atom. The number of amides is 1. The smallest absolute Gasteiger partial charge is 0.223 e. The van der Waals surface area contributed by atoms with Gasteiger partial charge >= 0.3 is 0 Å². The van der Waals surface area contributed by atoms with Crippen molar-refractivity contribution in [3.8, 4) is 0 Å². The van der Waals surface area contributed by atoms with Crippen LogP contribution in [0.5, 0.6) is 0 Å². The van der Waals surface area contributed by atoms with Gasteiger partial charge in [-0.1, -0.05) is 30.3 Å². The van der Waals surface area contributed by atoms with E-state index in [0.717, 1.165) is 25.9 Å². The number of carbonyl (C=O) groups is 1. The molecule has 18 heavy (non-hydrogen) atoms. The van der Waals surface area contributed by atoms with Crippen molar-refractivity contribution in [2.45, 2.75) is 18.8 Å². The highest BCUT2D eigenvalue weighted by Crippen LogP contribution is 2.47. The van der Waals surface area contributed by atoms with Crippen LogP contribution in [0.15, 0.2) is 30.3 Å². The highest BCUT2D eigenvalue weighted by atomic mass is 16.2. The highest BCUT2D eigenvalue weighted by molar-refractivity contribution is 5.82. The van der Waals surface area contributed by atoms with Gasteiger partial charge in [0.1, 0.15) is 0 Å². The lowest BCUT2D eigenvalue weighted by molar-refractivity contribution is -0.122. The molecule has 0 radical (unpaired) electrons. The van der Waals surface area contributed by atoms with E-state index in [1.807, 2.05) is 32.3 Å². The second-order valence-corrected chi connectivity index (χ2v) is 5.31. The molecule has 1 aliphatic carbocycles. The Balaban J connectivity index is 1.70. The quantitative estimate of drug-likeness (QED) is 0.777. The molecular weight excluding hydrogens is 224 g/mol. The summed E-state index contributed by atoms with van der Waals surface area (Å²) >= 11 is 0. The normalized spacial score (nSPS) is 21.9. The van der Waals surface area contributed by atoms with Crippen LogP contribution >= 0.6 is 0 Å². The van der Waals surface area contributed by atoms with Crippen molar-refractivity contribution < 1.29 is 4.79 Å². The lowest BCUT2D eigenvalue weighted by Gasteiger charge is -2.09. The maximum Gasteiger partial charge on any atom is 0.223 e. The zero-order valence-electron chi connectivity index (χ0n) is 11.2. The van der Waals surface area contributed by atoms with Crippen molar-refractivity contribution in [1.29, 1.82) is 0 Å². The minimum absolute atomic E-state index is 0.201. The van der Waals surface area contributed by atoms with Gasteiger partial charge in [0.2, 0.25) is 5.91 Å². The van der Waals surface area contributed by atoms with Crippen LogP contribution in [0.4, 0.5) is 0 Å². The fourth-order valence-electron chi connectivity index (χ4n) is 2.29. The van der Waals surface area contributed by atoms with E-state index in [-0.39, 0.29) is 11.8 Å². The van der Waals surface area contributed by atoms with E-state index in [2.05, 4.69) is 22.3 Å². The molecule has 1 amide bonds. The molecule has 1 aliphatic rings. The van der Waals surface area contributed by atoms with E-state index < -0.39 is 0 Å². The number of hydrogen-bond acceptors (Lipinski definition) is 2. The van der Waals surface area contributed by atoms with Gasteiger partial charge in [0.05, 0.1) is 0 Å². The van der Waals surface area contributed by atoms with Crippen LogP contribution in [0.2, 0.25) is 0 Å². The van der Waals surface area contributed by atoms with Gasteiger partial charge in [-0.05, 0) is 45.0 Å². The number of benzene rings is 1. The second-order valence-electron chi connectivity index (χ2n) is 5.31. The molecule has 98 valence electrons. The van der Waals surface area contributed by atoms with E-state index in [0.29, 0.717) is 5.92 Å². The molecule has 0 bridgehead atoms. The van der Waals surface area contributed by atoms with E-state index in [1.165, 1.54) is 5.56 Å². The predicted octanol–water partition coefficient (Wildman–Crippen LogP) is 1.86. The third-order valence-electron chi connectivity index (χ3n) is 3.44. The Bertz CT molecular complexity index is 389. The summed E-state index contributed by atoms with van der Waals surface area (Å²) in [6, 6.07) is 10.3. The zero-order valence-corrected chi connectivity index (χ0v) is 11.2. The van der Waals surface area contributed by atoms with Gasteiger partial charge in [0.25, 0.3) is 0 Å². The first kappa shape index (κ1) is 13.1. The summed E-state index contributed by atoms with van der Waals surface area (Å²) in [7, 11) is 4.10. The minimum Gasteiger partial charge on any atom is -0.356 e. The van der Waals surface area contributed by atoms with Gasteiger partial charge in [-0.3, -0.25) is 4.79 Å². The summed E-state index contributed by atoms with van der Waals surface area (Å²) in [6.45, 7) is 1.81. The molecule has 0 heterocycles. The molecule has 0 spiro atoms. The van der Waals surface area contributed by atoms with Gasteiger partial charge in [-0.2, -0.15) is 0 Å². The number of nitrogens with one attached hydrogen (secondary N) is 1. The molecule has 3 heteroatoms. The molecule has 0 saturated heterocycles. The van der Waals surface area contributed by atoms with Gasteiger partial charge in [0, 0.05) is 12.5 Å². The summed E-state index contributed by atoms with van der Waals surface area (Å²) in [5.74, 6) is 0.870. The Hall–Kier alpha value is -1.35. The first-order valence-electron chi connectivity index (χ1n) is 6.66. The van der Waals surface area contributed by atoms with Crippen molar-refractivity contribution in [2.24, 2.45) is 5.92 Å². The molecule has 1 saturated carbocycles. The molecule has 1 N–H and O–H groups in total. The predicted molar refractivity (Wildman–Crippen MR) is 73.5 cm³/mol. The lowest BCUT2D eigenvalue weighted by atomic mass is 10.1. The fourth-order valence-corrected chi connectivity index (χ4v) is 2.29. The minimum atomic E-state index is 0.201. The second kappa shape index (κ2) is 6.01. The summed E-state index contributed by atoms with van der Waals surface area (Å²) in [4.78, 5) is 14.0. The van der Waals surface area contributed by atoms with Crippen LogP contribution in [0, 0.1) is 5.92 Å². The average molecular weight is 246 g/mol. The van der Waals surface area contributed by atoms with Crippen molar-refractivity contribution in [1.82, 2.24) is 10.2 Å². The van der Waals surface area contributed by atoms with Gasteiger partial charge in [-0.25, -0.2) is 0 Å². The van der Waals surface area contributed by atoms with E-state index in [9.17, 15) is 4.79 Å². The summed E-state index contributed by atoms with van der Waals surface area (Å²) < 4.78 is 0. The standard InChI is InChI=1S/C15H22N2O/c1-17(2)10-6-9-16-15(18)14-11-13(14)12-7-4-3-5-8-12/h3-5,7-8,13-14H,6,9-11H2,1-2H3,(H,16,18)/t13-,14+/m1/s1. The Morgan fingerprint density at radius 3 is 2.72 bits per heavy atom. The molecule has 0 aliphatic heterocycles. The van der Waals surface area contributed by atoms with Crippen LogP contribution in [-0.2, 0) is 4.79 Å². The van der Waals surface area contributed by atoms with E-state index >= 15 is 0 Å². The monoisotopic (exact) mass is 246 g/mol. The highest BCUT2D eigenvalue weighted by Gasteiger charge is 2.43. The molecular formula is C15H22N2O. The molecule has 1 aromatic rings. The average Bonchev–Trinajstić information content (AvgIpc) is 3.15. The largest absolute Gasteiger partial charge is 0.356 e. The van der Waals surface area contributed by atoms with Gasteiger partial charge in [-0.15, -0.1) is 0 Å². The Morgan fingerprint density at radius 2 is 2.06 bits per heavy atom. The third-order valence-corrected chi connectivity index (χ3v) is 3.44. The van der Waals surface area contributed by atoms with Crippen LogP contribution in [-0.4, -0.2) is 38.0 Å². The Kier molecular flexibility index (Phi) is 4.37. The third kappa shape index (κ3) is 3.57. The molecule has 1 aromatic carbocycles. The maximum atomic E-state index is 11.9. The molecule has 0 unspecified atom stereocenters. The van der Waals surface area contributed by atoms with Crippen LogP contribution in [0.3, 0.4) is 0 Å². The van der Waals surface area contributed by atoms with Crippen LogP contribution in [0.25, 0.3) is 0 Å². The van der Waals surface area contributed by atoms with Crippen molar-refractivity contribution >= 4 is 5.91 Å². The molecule has 2 rings (SSSR count). The molecule has 3 nitrogen and oxygen atoms in total. The van der Waals surface area contributed by atoms with Gasteiger partial charge in [0.15, 0.2) is 0 Å². The van der Waals surface area contributed by atoms with E-state index in [1.54, 1.807) is 0 Å². The molecule has 2 atom stereocenters. The van der Waals surface area contributed by atoms with Crippen molar-refractivity contribution in [3.05, 3.63) is 35.9 Å². The molecule has 0 aromatic heterocycles. The van der Waals surface area contributed by atoms with Crippen molar-refractivity contribution in [3.63, 3.8) is 0 Å². The SMILES string of the molecule is CN(C)CCCNC(=O)[C@H]1C[C@@H]1c1ccccc1. The fraction of sp³-hybridized carbons (Fsp3) is 0.533.